The van der Waals surface area contributed by atoms with Crippen molar-refractivity contribution in [2.24, 2.45) is 4.99 Å². The maximum atomic E-state index is 6.07. The fourth-order valence-corrected chi connectivity index (χ4v) is 2.95. The van der Waals surface area contributed by atoms with Crippen LogP contribution in [0.3, 0.4) is 0 Å². The summed E-state index contributed by atoms with van der Waals surface area (Å²) in [6.45, 7) is 0. The summed E-state index contributed by atoms with van der Waals surface area (Å²) in [5.41, 5.74) is 3.02. The number of methoxy groups -OCH3 is 2. The van der Waals surface area contributed by atoms with Gasteiger partial charge in [-0.3, -0.25) is 0 Å². The zero-order valence-electron chi connectivity index (χ0n) is 14.5. The molecule has 3 aromatic rings. The number of nitrogens with one attached hydrogen (secondary N) is 3. The van der Waals surface area contributed by atoms with Gasteiger partial charge in [0.1, 0.15) is 0 Å². The number of aliphatic imine (C=N–C) groups is 1. The van der Waals surface area contributed by atoms with Crippen LogP contribution in [0.25, 0.3) is 22.0 Å². The molecule has 2 unspecified atom stereocenters. The Hall–Kier alpha value is -2.87. The standard InChI is InChI=1S/C19H20N4O3/c1-24-17-21-18(25-2)23-19(22-17)26-16-15(12-8-4-3-5-9-12)13-10-6-7-11-14(13)20-16/h3-11,17-18,20-21H,1-2H3,(H,22,23). The van der Waals surface area contributed by atoms with E-state index < -0.39 is 12.7 Å². The summed E-state index contributed by atoms with van der Waals surface area (Å²) in [7, 11) is 3.15. The van der Waals surface area contributed by atoms with Crippen LogP contribution in [0.5, 0.6) is 5.88 Å². The van der Waals surface area contributed by atoms with Gasteiger partial charge in [-0.15, -0.1) is 0 Å². The van der Waals surface area contributed by atoms with Crippen LogP contribution >= 0.6 is 0 Å². The number of benzene rings is 2. The van der Waals surface area contributed by atoms with Crippen LogP contribution in [-0.2, 0) is 9.47 Å². The molecule has 0 bridgehead atoms. The summed E-state index contributed by atoms with van der Waals surface area (Å²) in [4.78, 5) is 7.68. The minimum absolute atomic E-state index is 0.311. The fraction of sp³-hybridized carbons (Fsp3) is 0.211. The van der Waals surface area contributed by atoms with Crippen molar-refractivity contribution < 1.29 is 14.2 Å². The van der Waals surface area contributed by atoms with Gasteiger partial charge in [-0.05, 0) is 11.6 Å². The van der Waals surface area contributed by atoms with Gasteiger partial charge in [-0.25, -0.2) is 5.32 Å². The van der Waals surface area contributed by atoms with Crippen molar-refractivity contribution in [3.8, 4) is 17.0 Å². The number of amidine groups is 1. The molecule has 1 aliphatic rings. The molecule has 0 aliphatic carbocycles. The number of fused-ring (bicyclic) bond motifs is 1. The zero-order valence-corrected chi connectivity index (χ0v) is 14.5. The van der Waals surface area contributed by atoms with Gasteiger partial charge >= 0.3 is 0 Å². The van der Waals surface area contributed by atoms with Crippen LogP contribution in [0, 0.1) is 0 Å². The molecule has 134 valence electrons. The molecule has 2 heterocycles. The number of nitrogens with zero attached hydrogens (tertiary/aromatic N) is 1. The van der Waals surface area contributed by atoms with Gasteiger partial charge in [0.2, 0.25) is 12.2 Å². The largest absolute Gasteiger partial charge is 0.408 e. The molecule has 4 rings (SSSR count). The average molecular weight is 352 g/mol. The third kappa shape index (κ3) is 3.15. The van der Waals surface area contributed by atoms with Crippen molar-refractivity contribution in [3.05, 3.63) is 54.6 Å². The number of H-pyrrole nitrogens is 1. The molecule has 2 aromatic carbocycles. The minimum Gasteiger partial charge on any atom is -0.408 e. The number of aromatic amines is 1. The van der Waals surface area contributed by atoms with Gasteiger partial charge < -0.3 is 24.5 Å². The summed E-state index contributed by atoms with van der Waals surface area (Å²) in [5.74, 6) is 0.607. The summed E-state index contributed by atoms with van der Waals surface area (Å²) in [6.07, 6.45) is -1.02. The van der Waals surface area contributed by atoms with E-state index in [0.717, 1.165) is 22.0 Å². The van der Waals surface area contributed by atoms with Gasteiger partial charge in [0, 0.05) is 25.1 Å². The lowest BCUT2D eigenvalue weighted by atomic mass is 10.0. The quantitative estimate of drug-likeness (QED) is 0.673. The molecule has 3 N–H and O–H groups in total. The van der Waals surface area contributed by atoms with Crippen molar-refractivity contribution in [2.45, 2.75) is 12.7 Å². The Morgan fingerprint density at radius 2 is 1.69 bits per heavy atom. The lowest BCUT2D eigenvalue weighted by Crippen LogP contribution is -2.56. The third-order valence-corrected chi connectivity index (χ3v) is 4.17. The molecule has 0 saturated carbocycles. The Balaban J connectivity index is 1.76. The highest BCUT2D eigenvalue weighted by Crippen LogP contribution is 2.37. The second kappa shape index (κ2) is 7.17. The van der Waals surface area contributed by atoms with E-state index in [4.69, 9.17) is 14.2 Å². The van der Waals surface area contributed by atoms with Crippen LogP contribution in [-0.4, -0.2) is 37.9 Å². The monoisotopic (exact) mass is 352 g/mol. The van der Waals surface area contributed by atoms with Crippen LogP contribution in [0.15, 0.2) is 59.6 Å². The van der Waals surface area contributed by atoms with Gasteiger partial charge in [0.25, 0.3) is 6.02 Å². The molecule has 2 atom stereocenters. The molecule has 0 radical (unpaired) electrons. The predicted octanol–water partition coefficient (Wildman–Crippen LogP) is 2.62. The van der Waals surface area contributed by atoms with E-state index in [-0.39, 0.29) is 0 Å². The lowest BCUT2D eigenvalue weighted by molar-refractivity contribution is -0.0250. The topological polar surface area (TPSA) is 79.9 Å². The Kier molecular flexibility index (Phi) is 4.57. The van der Waals surface area contributed by atoms with Crippen molar-refractivity contribution in [3.63, 3.8) is 0 Å². The van der Waals surface area contributed by atoms with Crippen LogP contribution < -0.4 is 15.4 Å². The van der Waals surface area contributed by atoms with Crippen molar-refractivity contribution in [2.75, 3.05) is 14.2 Å². The van der Waals surface area contributed by atoms with E-state index in [2.05, 4.69) is 38.8 Å². The first-order valence-electron chi connectivity index (χ1n) is 8.28. The number of hydrogen-bond donors (Lipinski definition) is 3. The van der Waals surface area contributed by atoms with Crippen LogP contribution in [0.1, 0.15) is 0 Å². The Labute approximate surface area is 151 Å². The molecule has 0 amide bonds. The van der Waals surface area contributed by atoms with E-state index in [9.17, 15) is 0 Å². The normalized spacial score (nSPS) is 19.8. The second-order valence-electron chi connectivity index (χ2n) is 5.79. The van der Waals surface area contributed by atoms with Gasteiger partial charge in [-0.2, -0.15) is 4.99 Å². The third-order valence-electron chi connectivity index (χ3n) is 4.17. The number of ether oxygens (including phenoxy) is 3. The van der Waals surface area contributed by atoms with E-state index >= 15 is 0 Å². The summed E-state index contributed by atoms with van der Waals surface area (Å²) in [6, 6.07) is 18.5. The van der Waals surface area contributed by atoms with Crippen molar-refractivity contribution in [1.82, 2.24) is 15.6 Å². The highest BCUT2D eigenvalue weighted by molar-refractivity contribution is 6.00. The first-order valence-corrected chi connectivity index (χ1v) is 8.28. The minimum atomic E-state index is -0.555. The lowest BCUT2D eigenvalue weighted by Gasteiger charge is -2.28. The highest BCUT2D eigenvalue weighted by Gasteiger charge is 2.24. The van der Waals surface area contributed by atoms with E-state index in [1.54, 1.807) is 14.2 Å². The van der Waals surface area contributed by atoms with Gasteiger partial charge in [0.15, 0.2) is 6.35 Å². The van der Waals surface area contributed by atoms with Crippen molar-refractivity contribution >= 4 is 16.9 Å². The predicted molar refractivity (Wildman–Crippen MR) is 99.7 cm³/mol. The molecular formula is C19H20N4O3. The molecule has 1 aromatic heterocycles. The first-order chi connectivity index (χ1) is 12.8. The Bertz CT molecular complexity index is 923. The fourth-order valence-electron chi connectivity index (χ4n) is 2.95. The zero-order chi connectivity index (χ0) is 17.9. The summed E-state index contributed by atoms with van der Waals surface area (Å²) in [5, 5.41) is 7.12. The molecule has 0 spiro atoms. The SMILES string of the molecule is COC1N=C(Oc2[nH]c3ccccc3c2-c2ccccc2)NC(OC)N1. The highest BCUT2D eigenvalue weighted by atomic mass is 16.6. The number of rotatable bonds is 4. The molecule has 7 heteroatoms. The molecule has 7 nitrogen and oxygen atoms in total. The Morgan fingerprint density at radius 1 is 0.923 bits per heavy atom. The van der Waals surface area contributed by atoms with E-state index in [1.165, 1.54) is 0 Å². The molecule has 0 fully saturated rings. The molecular weight excluding hydrogens is 332 g/mol. The molecule has 1 aliphatic heterocycles. The van der Waals surface area contributed by atoms with Gasteiger partial charge in [-0.1, -0.05) is 48.5 Å². The van der Waals surface area contributed by atoms with Gasteiger partial charge in [0.05, 0.1) is 5.56 Å². The summed E-state index contributed by atoms with van der Waals surface area (Å²) < 4.78 is 16.6. The number of para-hydroxylation sites is 1. The molecule has 26 heavy (non-hydrogen) atoms. The smallest absolute Gasteiger partial charge is 0.298 e. The number of aromatic nitrogens is 1. The summed E-state index contributed by atoms with van der Waals surface area (Å²) >= 11 is 0. The number of hydrogen-bond acceptors (Lipinski definition) is 6. The maximum absolute atomic E-state index is 6.07. The van der Waals surface area contributed by atoms with E-state index in [1.807, 2.05) is 36.4 Å². The van der Waals surface area contributed by atoms with E-state index in [0.29, 0.717) is 11.9 Å². The molecule has 0 saturated heterocycles. The van der Waals surface area contributed by atoms with Crippen LogP contribution in [0.2, 0.25) is 0 Å². The Morgan fingerprint density at radius 3 is 2.46 bits per heavy atom. The van der Waals surface area contributed by atoms with Crippen LogP contribution in [0.4, 0.5) is 0 Å². The average Bonchev–Trinajstić information content (AvgIpc) is 3.06. The second-order valence-corrected chi connectivity index (χ2v) is 5.79. The maximum Gasteiger partial charge on any atom is 0.298 e. The van der Waals surface area contributed by atoms with Crippen molar-refractivity contribution in [1.29, 1.82) is 0 Å². The first kappa shape index (κ1) is 16.6.